The van der Waals surface area contributed by atoms with E-state index in [1.165, 1.54) is 29.2 Å². The third-order valence-corrected chi connectivity index (χ3v) is 5.29. The minimum absolute atomic E-state index is 0.0989. The lowest BCUT2D eigenvalue weighted by Gasteiger charge is -2.08. The molecular formula is C23H17F3IN3O3. The number of hydrogen-bond donors (Lipinski definition) is 1. The van der Waals surface area contributed by atoms with E-state index >= 15 is 0 Å². The van der Waals surface area contributed by atoms with E-state index in [-0.39, 0.29) is 18.9 Å². The number of nitrogens with zero attached hydrogens (tertiary/aromatic N) is 2. The third-order valence-electron chi connectivity index (χ3n) is 4.57. The highest BCUT2D eigenvalue weighted by molar-refractivity contribution is 14.1. The first-order valence-corrected chi connectivity index (χ1v) is 10.8. The van der Waals surface area contributed by atoms with Crippen LogP contribution in [0.1, 0.15) is 27.4 Å². The van der Waals surface area contributed by atoms with E-state index in [1.807, 2.05) is 24.3 Å². The zero-order valence-electron chi connectivity index (χ0n) is 17.0. The van der Waals surface area contributed by atoms with Crippen molar-refractivity contribution < 1.29 is 27.1 Å². The van der Waals surface area contributed by atoms with Gasteiger partial charge < -0.3 is 14.5 Å². The van der Waals surface area contributed by atoms with Gasteiger partial charge >= 0.3 is 6.18 Å². The van der Waals surface area contributed by atoms with Gasteiger partial charge in [-0.15, -0.1) is 0 Å². The van der Waals surface area contributed by atoms with Gasteiger partial charge in [0.1, 0.15) is 18.1 Å². The molecule has 10 heteroatoms. The Morgan fingerprint density at radius 1 is 1.12 bits per heavy atom. The van der Waals surface area contributed by atoms with Crippen LogP contribution in [-0.4, -0.2) is 15.7 Å². The van der Waals surface area contributed by atoms with Crippen LogP contribution in [0.4, 0.5) is 18.9 Å². The second-order valence-electron chi connectivity index (χ2n) is 7.09. The van der Waals surface area contributed by atoms with Crippen LogP contribution >= 0.6 is 22.6 Å². The number of carbonyl (C=O) groups excluding carboxylic acids is 1. The average Bonchev–Trinajstić information content (AvgIpc) is 3.43. The van der Waals surface area contributed by atoms with Crippen LogP contribution in [0.2, 0.25) is 0 Å². The summed E-state index contributed by atoms with van der Waals surface area (Å²) in [5.41, 5.74) is 0.106. The summed E-state index contributed by atoms with van der Waals surface area (Å²) in [6.07, 6.45) is -1.47. The van der Waals surface area contributed by atoms with Crippen LogP contribution in [0.5, 0.6) is 5.75 Å². The molecule has 0 spiro atoms. The monoisotopic (exact) mass is 567 g/mol. The van der Waals surface area contributed by atoms with Gasteiger partial charge in [-0.1, -0.05) is 12.1 Å². The Labute approximate surface area is 200 Å². The van der Waals surface area contributed by atoms with Gasteiger partial charge in [0.25, 0.3) is 5.91 Å². The highest BCUT2D eigenvalue weighted by atomic mass is 127. The molecule has 0 radical (unpaired) electrons. The van der Waals surface area contributed by atoms with E-state index in [0.29, 0.717) is 22.8 Å². The fourth-order valence-electron chi connectivity index (χ4n) is 3.00. The van der Waals surface area contributed by atoms with E-state index in [1.54, 1.807) is 12.1 Å². The molecule has 2 aromatic carbocycles. The zero-order chi connectivity index (χ0) is 23.4. The van der Waals surface area contributed by atoms with Crippen molar-refractivity contribution in [2.24, 2.45) is 0 Å². The molecule has 33 heavy (non-hydrogen) atoms. The molecule has 2 aromatic heterocycles. The summed E-state index contributed by atoms with van der Waals surface area (Å²) < 4.78 is 52.3. The molecule has 0 bridgehead atoms. The molecule has 1 amide bonds. The normalized spacial score (nSPS) is 11.4. The molecule has 0 aliphatic heterocycles. The maximum Gasteiger partial charge on any atom is 0.416 e. The van der Waals surface area contributed by atoms with Gasteiger partial charge in [-0.2, -0.15) is 18.3 Å². The second-order valence-corrected chi connectivity index (χ2v) is 8.33. The molecule has 0 saturated carbocycles. The molecule has 6 nitrogen and oxygen atoms in total. The van der Waals surface area contributed by atoms with Crippen molar-refractivity contribution in [3.63, 3.8) is 0 Å². The molecule has 0 saturated heterocycles. The predicted octanol–water partition coefficient (Wildman–Crippen LogP) is 5.98. The fraction of sp³-hybridized carbons (Fsp3) is 0.130. The Balaban J connectivity index is 1.34. The molecule has 4 aromatic rings. The van der Waals surface area contributed by atoms with E-state index < -0.39 is 17.6 Å². The number of nitrogens with one attached hydrogen (secondary N) is 1. The lowest BCUT2D eigenvalue weighted by molar-refractivity contribution is -0.137. The van der Waals surface area contributed by atoms with Crippen LogP contribution in [0, 0.1) is 3.57 Å². The SMILES string of the molecule is O=C(Nc1cnn(Cc2cccc(C(F)(F)F)c2)c1)c1ccc(COc2ccc(I)cc2)o1. The summed E-state index contributed by atoms with van der Waals surface area (Å²) in [6, 6.07) is 15.7. The molecule has 0 aliphatic carbocycles. The van der Waals surface area contributed by atoms with Crippen molar-refractivity contribution in [2.75, 3.05) is 5.32 Å². The minimum Gasteiger partial charge on any atom is -0.486 e. The Hall–Kier alpha value is -3.28. The number of alkyl halides is 3. The van der Waals surface area contributed by atoms with Gasteiger partial charge in [-0.25, -0.2) is 0 Å². The quantitative estimate of drug-likeness (QED) is 0.279. The zero-order valence-corrected chi connectivity index (χ0v) is 19.1. The number of amides is 1. The van der Waals surface area contributed by atoms with Crippen LogP contribution in [0.15, 0.2) is 77.5 Å². The highest BCUT2D eigenvalue weighted by Crippen LogP contribution is 2.29. The lowest BCUT2D eigenvalue weighted by atomic mass is 10.1. The van der Waals surface area contributed by atoms with E-state index in [0.717, 1.165) is 15.7 Å². The number of halogens is 4. The third kappa shape index (κ3) is 6.15. The molecule has 0 fully saturated rings. The Kier molecular flexibility index (Phi) is 6.72. The molecule has 170 valence electrons. The summed E-state index contributed by atoms with van der Waals surface area (Å²) in [5.74, 6) is 0.793. The summed E-state index contributed by atoms with van der Waals surface area (Å²) in [5, 5.41) is 6.75. The number of anilines is 1. The van der Waals surface area contributed by atoms with Crippen molar-refractivity contribution in [1.82, 2.24) is 9.78 Å². The van der Waals surface area contributed by atoms with E-state index in [2.05, 4.69) is 33.0 Å². The maximum absolute atomic E-state index is 12.9. The molecule has 4 rings (SSSR count). The molecule has 2 heterocycles. The Morgan fingerprint density at radius 3 is 2.67 bits per heavy atom. The van der Waals surface area contributed by atoms with Crippen LogP contribution in [0.25, 0.3) is 0 Å². The molecule has 1 N–H and O–H groups in total. The molecule has 0 atom stereocenters. The number of carbonyl (C=O) groups is 1. The van der Waals surface area contributed by atoms with Gasteiger partial charge in [-0.3, -0.25) is 9.48 Å². The molecule has 0 aliphatic rings. The summed E-state index contributed by atoms with van der Waals surface area (Å²) in [7, 11) is 0. The number of hydrogen-bond acceptors (Lipinski definition) is 4. The summed E-state index contributed by atoms with van der Waals surface area (Å²) >= 11 is 2.20. The predicted molar refractivity (Wildman–Crippen MR) is 123 cm³/mol. The van der Waals surface area contributed by atoms with Gasteiger partial charge in [0.2, 0.25) is 0 Å². The number of benzene rings is 2. The smallest absolute Gasteiger partial charge is 0.416 e. The van der Waals surface area contributed by atoms with Crippen molar-refractivity contribution in [2.45, 2.75) is 19.3 Å². The standard InChI is InChI=1S/C23H17F3IN3O3/c24-23(25,26)16-3-1-2-15(10-16)12-30-13-18(11-28-30)29-22(31)21-9-8-20(33-21)14-32-19-6-4-17(27)5-7-19/h1-11,13H,12,14H2,(H,29,31). The topological polar surface area (TPSA) is 69.3 Å². The summed E-state index contributed by atoms with van der Waals surface area (Å²) in [6.45, 7) is 0.295. The van der Waals surface area contributed by atoms with Crippen LogP contribution < -0.4 is 10.1 Å². The van der Waals surface area contributed by atoms with Gasteiger partial charge in [0.05, 0.1) is 24.0 Å². The van der Waals surface area contributed by atoms with Crippen molar-refractivity contribution in [3.8, 4) is 5.75 Å². The van der Waals surface area contributed by atoms with E-state index in [9.17, 15) is 18.0 Å². The minimum atomic E-state index is -4.41. The van der Waals surface area contributed by atoms with Gasteiger partial charge in [0.15, 0.2) is 5.76 Å². The fourth-order valence-corrected chi connectivity index (χ4v) is 3.36. The largest absolute Gasteiger partial charge is 0.486 e. The average molecular weight is 567 g/mol. The number of aromatic nitrogens is 2. The second kappa shape index (κ2) is 9.69. The van der Waals surface area contributed by atoms with Crippen LogP contribution in [-0.2, 0) is 19.3 Å². The Bertz CT molecular complexity index is 1250. The first-order chi connectivity index (χ1) is 15.8. The van der Waals surface area contributed by atoms with Crippen molar-refractivity contribution in [1.29, 1.82) is 0 Å². The van der Waals surface area contributed by atoms with Crippen LogP contribution in [0.3, 0.4) is 0 Å². The molecule has 0 unspecified atom stereocenters. The maximum atomic E-state index is 12.9. The Morgan fingerprint density at radius 2 is 1.91 bits per heavy atom. The number of ether oxygens (including phenoxy) is 1. The highest BCUT2D eigenvalue weighted by Gasteiger charge is 2.30. The lowest BCUT2D eigenvalue weighted by Crippen LogP contribution is -2.10. The first kappa shape index (κ1) is 22.9. The number of rotatable bonds is 7. The molecular weight excluding hydrogens is 550 g/mol. The first-order valence-electron chi connectivity index (χ1n) is 9.73. The van der Waals surface area contributed by atoms with E-state index in [4.69, 9.17) is 9.15 Å². The van der Waals surface area contributed by atoms with Crippen molar-refractivity contribution in [3.05, 3.63) is 99.3 Å². The van der Waals surface area contributed by atoms with Gasteiger partial charge in [0, 0.05) is 9.77 Å². The summed E-state index contributed by atoms with van der Waals surface area (Å²) in [4.78, 5) is 12.5. The van der Waals surface area contributed by atoms with Gasteiger partial charge in [-0.05, 0) is 76.7 Å². The van der Waals surface area contributed by atoms with Crippen molar-refractivity contribution >= 4 is 34.2 Å². The number of furan rings is 1.